The Bertz CT molecular complexity index is 180. The average molecular weight is 130 g/mol. The van der Waals surface area contributed by atoms with Crippen LogP contribution >= 0.6 is 0 Å². The monoisotopic (exact) mass is 130 g/mol. The number of hydrogen-bond donors (Lipinski definition) is 1. The number of ether oxygens (including phenoxy) is 1. The lowest BCUT2D eigenvalue weighted by molar-refractivity contribution is 0.164. The predicted molar refractivity (Wildman–Crippen MR) is 24.2 cm³/mol. The molecule has 0 bridgehead atoms. The summed E-state index contributed by atoms with van der Waals surface area (Å²) in [4.78, 5) is 31.2. The largest absolute Gasteiger partial charge is 0.453 e. The first-order valence-corrected chi connectivity index (χ1v) is 1.76. The number of nitrogens with zero attached hydrogens (tertiary/aromatic N) is 1. The van der Waals surface area contributed by atoms with Crippen LogP contribution in [0.25, 0.3) is 0 Å². The molecule has 6 nitrogen and oxygen atoms in total. The van der Waals surface area contributed by atoms with Crippen LogP contribution in [0.2, 0.25) is 0 Å². The van der Waals surface area contributed by atoms with E-state index >= 15 is 0 Å². The van der Waals surface area contributed by atoms with Crippen molar-refractivity contribution in [2.24, 2.45) is 10.7 Å². The Morgan fingerprint density at radius 3 is 2.44 bits per heavy atom. The summed E-state index contributed by atoms with van der Waals surface area (Å²) < 4.78 is 3.56. The van der Waals surface area contributed by atoms with Gasteiger partial charge >= 0.3 is 12.2 Å². The Hall–Kier alpha value is -1.68. The lowest BCUT2D eigenvalue weighted by atomic mass is 11.1. The Balaban J connectivity index is 3.78. The van der Waals surface area contributed by atoms with Gasteiger partial charge in [-0.2, -0.15) is 0 Å². The lowest BCUT2D eigenvalue weighted by Crippen LogP contribution is -2.15. The third kappa shape index (κ3) is 4.17. The molecule has 0 atom stereocenters. The van der Waals surface area contributed by atoms with E-state index in [0.29, 0.717) is 0 Å². The summed E-state index contributed by atoms with van der Waals surface area (Å²) in [5, 5.41) is 0. The Morgan fingerprint density at radius 2 is 2.11 bits per heavy atom. The molecule has 0 rings (SSSR count). The van der Waals surface area contributed by atoms with Crippen LogP contribution in [-0.2, 0) is 9.53 Å². The molecule has 9 heavy (non-hydrogen) atoms. The second-order valence-electron chi connectivity index (χ2n) is 0.890. The number of amides is 2. The highest BCUT2D eigenvalue weighted by Crippen LogP contribution is 1.79. The molecule has 2 N–H and O–H groups in total. The van der Waals surface area contributed by atoms with Gasteiger partial charge < -0.3 is 10.5 Å². The second kappa shape index (κ2) is 3.34. The minimum atomic E-state index is -1.36. The molecule has 0 heterocycles. The molecule has 2 amide bonds. The van der Waals surface area contributed by atoms with E-state index in [4.69, 9.17) is 0 Å². The zero-order valence-corrected chi connectivity index (χ0v) is 4.16. The lowest BCUT2D eigenvalue weighted by Gasteiger charge is -1.86. The van der Waals surface area contributed by atoms with Gasteiger partial charge in [-0.15, -0.1) is 0 Å². The Morgan fingerprint density at radius 1 is 1.56 bits per heavy atom. The minimum absolute atomic E-state index is 0.866. The normalized spacial score (nSPS) is 7.11. The van der Waals surface area contributed by atoms with Crippen molar-refractivity contribution in [2.45, 2.75) is 0 Å². The fourth-order valence-corrected chi connectivity index (χ4v) is 0.146. The van der Waals surface area contributed by atoms with Crippen LogP contribution in [0.3, 0.4) is 0 Å². The molecule has 0 unspecified atom stereocenters. The van der Waals surface area contributed by atoms with E-state index in [-0.39, 0.29) is 0 Å². The number of rotatable bonds is 0. The van der Waals surface area contributed by atoms with Gasteiger partial charge in [0.2, 0.25) is 6.08 Å². The van der Waals surface area contributed by atoms with E-state index in [2.05, 4.69) is 15.5 Å². The van der Waals surface area contributed by atoms with Crippen LogP contribution in [0.4, 0.5) is 9.59 Å². The van der Waals surface area contributed by atoms with Gasteiger partial charge in [-0.05, 0) is 0 Å². The topological polar surface area (TPSA) is 98.8 Å². The van der Waals surface area contributed by atoms with Gasteiger partial charge in [0.25, 0.3) is 0 Å². The molecule has 0 saturated heterocycles. The highest BCUT2D eigenvalue weighted by molar-refractivity contribution is 5.85. The fraction of sp³-hybridized carbons (Fsp3) is 0. The molecule has 0 aromatic rings. The van der Waals surface area contributed by atoms with Crippen molar-refractivity contribution in [1.82, 2.24) is 0 Å². The van der Waals surface area contributed by atoms with Crippen molar-refractivity contribution in [3.8, 4) is 0 Å². The summed E-state index contributed by atoms with van der Waals surface area (Å²) in [5.74, 6) is 0. The third-order valence-electron chi connectivity index (χ3n) is 0.325. The highest BCUT2D eigenvalue weighted by Gasteiger charge is 2.01. The van der Waals surface area contributed by atoms with E-state index < -0.39 is 12.2 Å². The summed E-state index contributed by atoms with van der Waals surface area (Å²) in [6.07, 6.45) is -1.80. The van der Waals surface area contributed by atoms with Gasteiger partial charge in [0.05, 0.1) is 0 Å². The number of hydrogen-bond acceptors (Lipinski definition) is 4. The van der Waals surface area contributed by atoms with E-state index in [0.717, 1.165) is 6.08 Å². The van der Waals surface area contributed by atoms with Crippen LogP contribution < -0.4 is 5.73 Å². The summed E-state index contributed by atoms with van der Waals surface area (Å²) in [5.41, 5.74) is 4.35. The molecular weight excluding hydrogens is 128 g/mol. The van der Waals surface area contributed by atoms with Gasteiger partial charge in [-0.1, -0.05) is 4.99 Å². The zero-order valence-electron chi connectivity index (χ0n) is 4.16. The number of aliphatic imine (C=N–C) groups is 1. The van der Waals surface area contributed by atoms with E-state index in [1.807, 2.05) is 0 Å². The van der Waals surface area contributed by atoms with Crippen LogP contribution in [0.1, 0.15) is 0 Å². The molecular formula is C3H2N2O4. The van der Waals surface area contributed by atoms with Gasteiger partial charge in [0, 0.05) is 0 Å². The van der Waals surface area contributed by atoms with Gasteiger partial charge in [0.15, 0.2) is 0 Å². The Kier molecular flexibility index (Phi) is 2.72. The fourth-order valence-electron chi connectivity index (χ4n) is 0.146. The maximum atomic E-state index is 9.90. The van der Waals surface area contributed by atoms with Crippen LogP contribution in [0.5, 0.6) is 0 Å². The van der Waals surface area contributed by atoms with E-state index in [1.165, 1.54) is 0 Å². The van der Waals surface area contributed by atoms with Crippen LogP contribution in [0, 0.1) is 0 Å². The van der Waals surface area contributed by atoms with E-state index in [9.17, 15) is 14.4 Å². The van der Waals surface area contributed by atoms with Crippen molar-refractivity contribution in [3.05, 3.63) is 0 Å². The van der Waals surface area contributed by atoms with Crippen LogP contribution in [-0.4, -0.2) is 18.3 Å². The minimum Gasteiger partial charge on any atom is -0.357 e. The summed E-state index contributed by atoms with van der Waals surface area (Å²) in [7, 11) is 0. The Labute approximate surface area is 49.3 Å². The number of isocyanates is 1. The molecule has 0 fully saturated rings. The maximum absolute atomic E-state index is 9.90. The number of carbonyl (C=O) groups is 2. The molecule has 0 saturated carbocycles. The van der Waals surface area contributed by atoms with Crippen molar-refractivity contribution >= 4 is 18.3 Å². The van der Waals surface area contributed by atoms with Gasteiger partial charge in [0.1, 0.15) is 0 Å². The third-order valence-corrected chi connectivity index (χ3v) is 0.325. The van der Waals surface area contributed by atoms with Crippen molar-refractivity contribution in [2.75, 3.05) is 0 Å². The quantitative estimate of drug-likeness (QED) is 0.272. The maximum Gasteiger partial charge on any atom is 0.453 e. The molecule has 0 aromatic carbocycles. The molecule has 0 aromatic heterocycles. The number of nitrogens with two attached hydrogens (primary N) is 1. The van der Waals surface area contributed by atoms with E-state index in [1.54, 1.807) is 0 Å². The predicted octanol–water partition coefficient (Wildman–Crippen LogP) is -0.462. The highest BCUT2D eigenvalue weighted by atomic mass is 16.6. The smallest absolute Gasteiger partial charge is 0.357 e. The number of primary amides is 1. The summed E-state index contributed by atoms with van der Waals surface area (Å²) in [6, 6.07) is 0. The standard InChI is InChI=1S/C3H2N2O4/c4-2(7)9-3(8)5-1-6/h(H2,4,7). The SMILES string of the molecule is NC(=O)OC(=O)N=C=O. The first-order valence-electron chi connectivity index (χ1n) is 1.76. The molecule has 0 aliphatic heterocycles. The summed E-state index contributed by atoms with van der Waals surface area (Å²) in [6.45, 7) is 0. The van der Waals surface area contributed by atoms with Crippen molar-refractivity contribution < 1.29 is 19.1 Å². The first kappa shape index (κ1) is 7.32. The molecule has 0 radical (unpaired) electrons. The number of carbonyl (C=O) groups excluding carboxylic acids is 3. The zero-order chi connectivity index (χ0) is 7.28. The van der Waals surface area contributed by atoms with Crippen LogP contribution in [0.15, 0.2) is 4.99 Å². The first-order chi connectivity index (χ1) is 4.16. The molecule has 48 valence electrons. The molecule has 6 heteroatoms. The van der Waals surface area contributed by atoms with Crippen molar-refractivity contribution in [3.63, 3.8) is 0 Å². The summed E-state index contributed by atoms with van der Waals surface area (Å²) >= 11 is 0. The molecule has 0 aliphatic rings. The van der Waals surface area contributed by atoms with Gasteiger partial charge in [-0.25, -0.2) is 14.4 Å². The molecule has 0 spiro atoms. The average Bonchev–Trinajstić information content (AvgIpc) is 1.63. The molecule has 0 aliphatic carbocycles. The van der Waals surface area contributed by atoms with Crippen molar-refractivity contribution in [1.29, 1.82) is 0 Å². The second-order valence-corrected chi connectivity index (χ2v) is 0.890. The van der Waals surface area contributed by atoms with Gasteiger partial charge in [-0.3, -0.25) is 0 Å².